The standard InChI is InChI=1S/C18H22N2O2S/c1-12-17(23-13(2)19-12)18(22)20-10-6-9-15(20)11-16(21)14-7-4-3-5-8-14/h3-5,7-8,15-16,21H,6,9-11H2,1-2H3. The van der Waals surface area contributed by atoms with Gasteiger partial charge in [-0.3, -0.25) is 4.79 Å². The molecule has 23 heavy (non-hydrogen) atoms. The summed E-state index contributed by atoms with van der Waals surface area (Å²) in [5, 5.41) is 11.4. The molecule has 1 fully saturated rings. The van der Waals surface area contributed by atoms with Crippen LogP contribution >= 0.6 is 11.3 Å². The highest BCUT2D eigenvalue weighted by Crippen LogP contribution is 2.30. The lowest BCUT2D eigenvalue weighted by Crippen LogP contribution is -2.36. The van der Waals surface area contributed by atoms with Gasteiger partial charge < -0.3 is 10.0 Å². The van der Waals surface area contributed by atoms with Crippen LogP contribution in [0.4, 0.5) is 0 Å². The minimum atomic E-state index is -0.529. The van der Waals surface area contributed by atoms with Gasteiger partial charge in [-0.15, -0.1) is 11.3 Å². The lowest BCUT2D eigenvalue weighted by atomic mass is 10.0. The number of carbonyl (C=O) groups excluding carboxylic acids is 1. The molecule has 1 N–H and O–H groups in total. The summed E-state index contributed by atoms with van der Waals surface area (Å²) in [7, 11) is 0. The fraction of sp³-hybridized carbons (Fsp3) is 0.444. The number of rotatable bonds is 4. The van der Waals surface area contributed by atoms with Gasteiger partial charge in [-0.25, -0.2) is 4.98 Å². The van der Waals surface area contributed by atoms with Crippen molar-refractivity contribution in [2.45, 2.75) is 45.3 Å². The third kappa shape index (κ3) is 3.46. The number of likely N-dealkylation sites (tertiary alicyclic amines) is 1. The number of aromatic nitrogens is 1. The number of nitrogens with zero attached hydrogens (tertiary/aromatic N) is 2. The number of hydrogen-bond acceptors (Lipinski definition) is 4. The van der Waals surface area contributed by atoms with Crippen LogP contribution in [0.15, 0.2) is 30.3 Å². The van der Waals surface area contributed by atoms with E-state index in [-0.39, 0.29) is 11.9 Å². The zero-order valence-electron chi connectivity index (χ0n) is 13.5. The molecular formula is C18H22N2O2S. The largest absolute Gasteiger partial charge is 0.388 e. The van der Waals surface area contributed by atoms with E-state index in [9.17, 15) is 9.90 Å². The highest BCUT2D eigenvalue weighted by molar-refractivity contribution is 7.13. The molecule has 2 aromatic rings. The van der Waals surface area contributed by atoms with Crippen molar-refractivity contribution in [2.75, 3.05) is 6.54 Å². The zero-order chi connectivity index (χ0) is 16.4. The smallest absolute Gasteiger partial charge is 0.266 e. The highest BCUT2D eigenvalue weighted by Gasteiger charge is 2.32. The van der Waals surface area contributed by atoms with Crippen LogP contribution in [0.25, 0.3) is 0 Å². The van der Waals surface area contributed by atoms with E-state index in [1.54, 1.807) is 0 Å². The Morgan fingerprint density at radius 3 is 2.78 bits per heavy atom. The molecule has 4 nitrogen and oxygen atoms in total. The third-order valence-corrected chi connectivity index (χ3v) is 5.48. The van der Waals surface area contributed by atoms with Gasteiger partial charge >= 0.3 is 0 Å². The molecule has 1 aromatic heterocycles. The van der Waals surface area contributed by atoms with E-state index in [4.69, 9.17) is 0 Å². The number of carbonyl (C=O) groups is 1. The van der Waals surface area contributed by atoms with Crippen LogP contribution < -0.4 is 0 Å². The summed E-state index contributed by atoms with van der Waals surface area (Å²) in [6.07, 6.45) is 2.01. The Morgan fingerprint density at radius 1 is 1.39 bits per heavy atom. The third-order valence-electron chi connectivity index (χ3n) is 4.42. The number of aliphatic hydroxyl groups is 1. The molecule has 0 aliphatic carbocycles. The van der Waals surface area contributed by atoms with Crippen LogP contribution in [-0.4, -0.2) is 33.5 Å². The summed E-state index contributed by atoms with van der Waals surface area (Å²) in [4.78, 5) is 19.8. The van der Waals surface area contributed by atoms with Crippen LogP contribution in [0.5, 0.6) is 0 Å². The minimum Gasteiger partial charge on any atom is -0.388 e. The summed E-state index contributed by atoms with van der Waals surface area (Å²) < 4.78 is 0. The molecule has 0 radical (unpaired) electrons. The van der Waals surface area contributed by atoms with Gasteiger partial charge in [-0.05, 0) is 38.7 Å². The average Bonchev–Trinajstić information content (AvgIpc) is 3.13. The molecule has 1 aliphatic rings. The normalized spacial score (nSPS) is 19.1. The number of benzene rings is 1. The summed E-state index contributed by atoms with van der Waals surface area (Å²) in [5.41, 5.74) is 1.73. The fourth-order valence-corrected chi connectivity index (χ4v) is 4.15. The number of aliphatic hydroxyl groups excluding tert-OH is 1. The van der Waals surface area contributed by atoms with Crippen molar-refractivity contribution in [3.63, 3.8) is 0 Å². The van der Waals surface area contributed by atoms with E-state index in [0.717, 1.165) is 40.5 Å². The van der Waals surface area contributed by atoms with Crippen molar-refractivity contribution in [3.05, 3.63) is 51.5 Å². The maximum atomic E-state index is 12.8. The Bertz CT molecular complexity index is 684. The van der Waals surface area contributed by atoms with Gasteiger partial charge in [0.05, 0.1) is 16.8 Å². The second-order valence-electron chi connectivity index (χ2n) is 6.10. The minimum absolute atomic E-state index is 0.0656. The van der Waals surface area contributed by atoms with Crippen molar-refractivity contribution < 1.29 is 9.90 Å². The predicted molar refractivity (Wildman–Crippen MR) is 91.7 cm³/mol. The molecule has 2 unspecified atom stereocenters. The molecule has 1 saturated heterocycles. The number of thiazole rings is 1. The first-order valence-electron chi connectivity index (χ1n) is 8.04. The topological polar surface area (TPSA) is 53.4 Å². The average molecular weight is 330 g/mol. The lowest BCUT2D eigenvalue weighted by molar-refractivity contribution is 0.0671. The van der Waals surface area contributed by atoms with Crippen LogP contribution in [0.2, 0.25) is 0 Å². The second-order valence-corrected chi connectivity index (χ2v) is 7.31. The van der Waals surface area contributed by atoms with E-state index in [2.05, 4.69) is 4.98 Å². The maximum absolute atomic E-state index is 12.8. The molecule has 0 saturated carbocycles. The number of aryl methyl sites for hydroxylation is 2. The highest BCUT2D eigenvalue weighted by atomic mass is 32.1. The van der Waals surface area contributed by atoms with Crippen molar-refractivity contribution in [1.29, 1.82) is 0 Å². The summed E-state index contributed by atoms with van der Waals surface area (Å²) in [6, 6.07) is 9.76. The van der Waals surface area contributed by atoms with E-state index in [0.29, 0.717) is 6.42 Å². The summed E-state index contributed by atoms with van der Waals surface area (Å²) in [6.45, 7) is 4.58. The quantitative estimate of drug-likeness (QED) is 0.933. The van der Waals surface area contributed by atoms with Crippen LogP contribution in [-0.2, 0) is 0 Å². The van der Waals surface area contributed by atoms with Crippen LogP contribution in [0.1, 0.15) is 51.3 Å². The van der Waals surface area contributed by atoms with Gasteiger partial charge in [-0.1, -0.05) is 30.3 Å². The first-order chi connectivity index (χ1) is 11.1. The molecule has 5 heteroatoms. The predicted octanol–water partition coefficient (Wildman–Crippen LogP) is 3.49. The van der Waals surface area contributed by atoms with Crippen LogP contribution in [0, 0.1) is 13.8 Å². The molecule has 122 valence electrons. The Kier molecular flexibility index (Phi) is 4.78. The monoisotopic (exact) mass is 330 g/mol. The molecular weight excluding hydrogens is 308 g/mol. The summed E-state index contributed by atoms with van der Waals surface area (Å²) in [5.74, 6) is 0.0656. The van der Waals surface area contributed by atoms with E-state index < -0.39 is 6.10 Å². The molecule has 0 bridgehead atoms. The van der Waals surface area contributed by atoms with Gasteiger partial charge in [0.25, 0.3) is 5.91 Å². The SMILES string of the molecule is Cc1nc(C)c(C(=O)N2CCCC2CC(O)c2ccccc2)s1. The Balaban J connectivity index is 1.73. The maximum Gasteiger partial charge on any atom is 0.266 e. The molecule has 3 rings (SSSR count). The number of amides is 1. The van der Waals surface area contributed by atoms with E-state index in [1.165, 1.54) is 11.3 Å². The molecule has 0 spiro atoms. The molecule has 2 heterocycles. The second kappa shape index (κ2) is 6.81. The Morgan fingerprint density at radius 2 is 2.13 bits per heavy atom. The zero-order valence-corrected chi connectivity index (χ0v) is 14.3. The Labute approximate surface area is 140 Å². The molecule has 1 aliphatic heterocycles. The van der Waals surface area contributed by atoms with Gasteiger partial charge in [0.2, 0.25) is 0 Å². The van der Waals surface area contributed by atoms with Gasteiger partial charge in [-0.2, -0.15) is 0 Å². The molecule has 2 atom stereocenters. The summed E-state index contributed by atoms with van der Waals surface area (Å²) >= 11 is 1.46. The van der Waals surface area contributed by atoms with Crippen LogP contribution in [0.3, 0.4) is 0 Å². The van der Waals surface area contributed by atoms with Gasteiger partial charge in [0.1, 0.15) is 4.88 Å². The molecule has 1 aromatic carbocycles. The molecule has 1 amide bonds. The Hall–Kier alpha value is -1.72. The number of hydrogen-bond donors (Lipinski definition) is 1. The van der Waals surface area contributed by atoms with Crippen molar-refractivity contribution in [2.24, 2.45) is 0 Å². The van der Waals surface area contributed by atoms with Gasteiger partial charge in [0.15, 0.2) is 0 Å². The first kappa shape index (κ1) is 16.1. The van der Waals surface area contributed by atoms with E-state index in [1.807, 2.05) is 49.1 Å². The lowest BCUT2D eigenvalue weighted by Gasteiger charge is -2.26. The van der Waals surface area contributed by atoms with Crippen molar-refractivity contribution >= 4 is 17.2 Å². The van der Waals surface area contributed by atoms with Crippen molar-refractivity contribution in [1.82, 2.24) is 9.88 Å². The fourth-order valence-electron chi connectivity index (χ4n) is 3.28. The van der Waals surface area contributed by atoms with Crippen molar-refractivity contribution in [3.8, 4) is 0 Å². The van der Waals surface area contributed by atoms with E-state index >= 15 is 0 Å². The van der Waals surface area contributed by atoms with Gasteiger partial charge in [0, 0.05) is 12.6 Å². The first-order valence-corrected chi connectivity index (χ1v) is 8.86.